The number of halogens is 2. The van der Waals surface area contributed by atoms with Crippen molar-refractivity contribution in [3.05, 3.63) is 81.1 Å². The number of hydrogen-bond donors (Lipinski definition) is 3. The summed E-state index contributed by atoms with van der Waals surface area (Å²) in [5, 5.41) is 6.55. The molecule has 0 bridgehead atoms. The first-order chi connectivity index (χ1) is 14.0. The topological polar surface area (TPSA) is 74.0 Å². The molecule has 2 heterocycles. The molecule has 7 heteroatoms. The zero-order valence-electron chi connectivity index (χ0n) is 15.7. The Kier molecular flexibility index (Phi) is 5.40. The lowest BCUT2D eigenvalue weighted by Crippen LogP contribution is -2.27. The van der Waals surface area contributed by atoms with E-state index in [4.69, 9.17) is 0 Å². The molecular formula is C22H21F2N3O2. The molecule has 0 spiro atoms. The van der Waals surface area contributed by atoms with Gasteiger partial charge in [0, 0.05) is 12.1 Å². The predicted octanol–water partition coefficient (Wildman–Crippen LogP) is 2.89. The molecule has 5 nitrogen and oxygen atoms in total. The van der Waals surface area contributed by atoms with E-state index in [1.807, 2.05) is 0 Å². The summed E-state index contributed by atoms with van der Waals surface area (Å²) in [6, 6.07) is 10.3. The van der Waals surface area contributed by atoms with Gasteiger partial charge in [-0.05, 0) is 79.2 Å². The van der Waals surface area contributed by atoms with Gasteiger partial charge < -0.3 is 15.6 Å². The van der Waals surface area contributed by atoms with E-state index in [0.717, 1.165) is 31.5 Å². The molecule has 1 amide bonds. The van der Waals surface area contributed by atoms with Crippen molar-refractivity contribution in [2.75, 3.05) is 13.1 Å². The van der Waals surface area contributed by atoms with Gasteiger partial charge in [0.05, 0.1) is 11.1 Å². The second-order valence-corrected chi connectivity index (χ2v) is 7.42. The minimum Gasteiger partial charge on any atom is -0.348 e. The van der Waals surface area contributed by atoms with E-state index in [0.29, 0.717) is 22.4 Å². The normalized spacial score (nSPS) is 16.3. The highest BCUT2D eigenvalue weighted by Crippen LogP contribution is 2.18. The van der Waals surface area contributed by atoms with E-state index in [-0.39, 0.29) is 12.1 Å². The number of nitrogens with one attached hydrogen (secondary N) is 3. The Hall–Kier alpha value is -3.06. The number of hydrogen-bond acceptors (Lipinski definition) is 3. The number of aromatic amines is 1. The summed E-state index contributed by atoms with van der Waals surface area (Å²) < 4.78 is 27.5. The van der Waals surface area contributed by atoms with Crippen molar-refractivity contribution in [3.63, 3.8) is 0 Å². The van der Waals surface area contributed by atoms with Crippen LogP contribution in [-0.2, 0) is 13.0 Å². The molecule has 1 unspecified atom stereocenters. The summed E-state index contributed by atoms with van der Waals surface area (Å²) in [5.74, 6) is -1.14. The van der Waals surface area contributed by atoms with Crippen LogP contribution in [0.1, 0.15) is 27.9 Å². The number of H-pyrrole nitrogens is 1. The zero-order valence-corrected chi connectivity index (χ0v) is 15.7. The fourth-order valence-corrected chi connectivity index (χ4v) is 3.72. The maximum absolute atomic E-state index is 14.2. The number of amides is 1. The van der Waals surface area contributed by atoms with Gasteiger partial charge in [0.1, 0.15) is 11.6 Å². The molecule has 1 aliphatic rings. The summed E-state index contributed by atoms with van der Waals surface area (Å²) in [6.07, 6.45) is 1.85. The van der Waals surface area contributed by atoms with E-state index in [1.54, 1.807) is 24.3 Å². The number of carbonyl (C=O) groups is 1. The fraction of sp³-hybridized carbons (Fsp3) is 0.273. The zero-order chi connectivity index (χ0) is 20.4. The van der Waals surface area contributed by atoms with Crippen molar-refractivity contribution in [2.24, 2.45) is 5.92 Å². The number of fused-ring (bicyclic) bond motifs is 1. The van der Waals surface area contributed by atoms with Crippen LogP contribution in [0.2, 0.25) is 0 Å². The summed E-state index contributed by atoms with van der Waals surface area (Å²) >= 11 is 0. The first-order valence-electron chi connectivity index (χ1n) is 9.58. The van der Waals surface area contributed by atoms with Crippen LogP contribution in [-0.4, -0.2) is 24.0 Å². The van der Waals surface area contributed by atoms with Crippen molar-refractivity contribution in [2.45, 2.75) is 19.4 Å². The third-order valence-electron chi connectivity index (χ3n) is 5.29. The summed E-state index contributed by atoms with van der Waals surface area (Å²) in [6.45, 7) is 1.84. The van der Waals surface area contributed by atoms with E-state index in [9.17, 15) is 18.4 Å². The molecule has 0 saturated carbocycles. The number of carbonyl (C=O) groups excluding carboxylic acids is 1. The maximum Gasteiger partial charge on any atom is 0.254 e. The molecule has 29 heavy (non-hydrogen) atoms. The molecule has 1 fully saturated rings. The summed E-state index contributed by atoms with van der Waals surface area (Å²) in [5.41, 5.74) is 1.14. The van der Waals surface area contributed by atoms with Crippen LogP contribution >= 0.6 is 0 Å². The Morgan fingerprint density at radius 1 is 1.14 bits per heavy atom. The molecule has 1 saturated heterocycles. The standard InChI is InChI=1S/C22H21F2N3O2/c23-17-3-2-15-9-16(21(28)27-20(15)10-17)12-26-22(29)18-8-13(1-4-19(18)24)7-14-5-6-25-11-14/h1-4,8-10,14,25H,5-7,11-12H2,(H,26,29)(H,27,28). The average Bonchev–Trinajstić information content (AvgIpc) is 3.20. The van der Waals surface area contributed by atoms with Crippen LogP contribution in [0, 0.1) is 17.6 Å². The van der Waals surface area contributed by atoms with Crippen LogP contribution < -0.4 is 16.2 Å². The van der Waals surface area contributed by atoms with Crippen LogP contribution in [0.25, 0.3) is 10.9 Å². The molecule has 1 aromatic heterocycles. The Labute approximate surface area is 166 Å². The van der Waals surface area contributed by atoms with Gasteiger partial charge >= 0.3 is 0 Å². The van der Waals surface area contributed by atoms with Gasteiger partial charge in [0.15, 0.2) is 0 Å². The third-order valence-corrected chi connectivity index (χ3v) is 5.29. The molecule has 3 N–H and O–H groups in total. The van der Waals surface area contributed by atoms with E-state index in [2.05, 4.69) is 15.6 Å². The van der Waals surface area contributed by atoms with E-state index in [1.165, 1.54) is 18.2 Å². The lowest BCUT2D eigenvalue weighted by Gasteiger charge is -2.11. The molecule has 4 rings (SSSR count). The van der Waals surface area contributed by atoms with Crippen molar-refractivity contribution in [1.29, 1.82) is 0 Å². The smallest absolute Gasteiger partial charge is 0.254 e. The maximum atomic E-state index is 14.2. The monoisotopic (exact) mass is 397 g/mol. The van der Waals surface area contributed by atoms with Gasteiger partial charge in [-0.3, -0.25) is 9.59 Å². The first-order valence-corrected chi connectivity index (χ1v) is 9.58. The van der Waals surface area contributed by atoms with Gasteiger partial charge in [-0.1, -0.05) is 6.07 Å². The van der Waals surface area contributed by atoms with Crippen molar-refractivity contribution < 1.29 is 13.6 Å². The van der Waals surface area contributed by atoms with Gasteiger partial charge in [0.2, 0.25) is 0 Å². The van der Waals surface area contributed by atoms with Gasteiger partial charge in [-0.25, -0.2) is 8.78 Å². The average molecular weight is 397 g/mol. The minimum atomic E-state index is -0.598. The van der Waals surface area contributed by atoms with Crippen LogP contribution in [0.3, 0.4) is 0 Å². The second kappa shape index (κ2) is 8.13. The molecule has 1 atom stereocenters. The molecule has 150 valence electrons. The van der Waals surface area contributed by atoms with E-state index >= 15 is 0 Å². The Balaban J connectivity index is 1.49. The SMILES string of the molecule is O=C(NCc1cc2ccc(F)cc2[nH]c1=O)c1cc(CC2CCNC2)ccc1F. The van der Waals surface area contributed by atoms with Crippen molar-refractivity contribution in [3.8, 4) is 0 Å². The summed E-state index contributed by atoms with van der Waals surface area (Å²) in [4.78, 5) is 27.3. The van der Waals surface area contributed by atoms with Gasteiger partial charge in [-0.2, -0.15) is 0 Å². The first kappa shape index (κ1) is 19.3. The number of rotatable bonds is 5. The number of pyridine rings is 1. The van der Waals surface area contributed by atoms with Gasteiger partial charge in [-0.15, -0.1) is 0 Å². The number of aromatic nitrogens is 1. The third kappa shape index (κ3) is 4.35. The summed E-state index contributed by atoms with van der Waals surface area (Å²) in [7, 11) is 0. The molecule has 2 aromatic carbocycles. The molecule has 1 aliphatic heterocycles. The molecule has 3 aromatic rings. The van der Waals surface area contributed by atoms with Crippen molar-refractivity contribution >= 4 is 16.8 Å². The van der Waals surface area contributed by atoms with E-state index < -0.39 is 23.1 Å². The van der Waals surface area contributed by atoms with Crippen LogP contribution in [0.15, 0.2) is 47.3 Å². The highest BCUT2D eigenvalue weighted by molar-refractivity contribution is 5.94. The Bertz CT molecular complexity index is 1120. The quantitative estimate of drug-likeness (QED) is 0.620. The van der Waals surface area contributed by atoms with Crippen LogP contribution in [0.5, 0.6) is 0 Å². The number of benzene rings is 2. The lowest BCUT2D eigenvalue weighted by molar-refractivity contribution is 0.0946. The van der Waals surface area contributed by atoms with Gasteiger partial charge in [0.25, 0.3) is 11.5 Å². The van der Waals surface area contributed by atoms with Crippen LogP contribution in [0.4, 0.5) is 8.78 Å². The largest absolute Gasteiger partial charge is 0.348 e. The van der Waals surface area contributed by atoms with Crippen molar-refractivity contribution in [1.82, 2.24) is 15.6 Å². The minimum absolute atomic E-state index is 0.0345. The Morgan fingerprint density at radius 2 is 2.00 bits per heavy atom. The molecular weight excluding hydrogens is 376 g/mol. The predicted molar refractivity (Wildman–Crippen MR) is 107 cm³/mol. The second-order valence-electron chi connectivity index (χ2n) is 7.42. The fourth-order valence-electron chi connectivity index (χ4n) is 3.72. The highest BCUT2D eigenvalue weighted by atomic mass is 19.1. The highest BCUT2D eigenvalue weighted by Gasteiger charge is 2.18. The Morgan fingerprint density at radius 3 is 2.79 bits per heavy atom. The molecule has 0 aliphatic carbocycles. The molecule has 0 radical (unpaired) electrons. The lowest BCUT2D eigenvalue weighted by atomic mass is 9.97.